The van der Waals surface area contributed by atoms with E-state index in [9.17, 15) is 24.4 Å². The number of aliphatic hydroxyl groups is 2. The van der Waals surface area contributed by atoms with E-state index in [0.717, 1.165) is 11.8 Å². The number of ether oxygens (including phenoxy) is 1. The van der Waals surface area contributed by atoms with Crippen molar-refractivity contribution >= 4 is 47.3 Å². The van der Waals surface area contributed by atoms with Crippen molar-refractivity contribution in [3.63, 3.8) is 0 Å². The van der Waals surface area contributed by atoms with Gasteiger partial charge >= 0.3 is 7.75 Å². The molecule has 0 aliphatic carbocycles. The molecule has 0 bridgehead atoms. The van der Waals surface area contributed by atoms with E-state index in [1.54, 1.807) is 29.1 Å². The maximum absolute atomic E-state index is 13.2. The molecule has 5 atom stereocenters. The van der Waals surface area contributed by atoms with Crippen molar-refractivity contribution in [2.75, 3.05) is 38.4 Å². The van der Waals surface area contributed by atoms with E-state index in [1.807, 2.05) is 0 Å². The van der Waals surface area contributed by atoms with Crippen LogP contribution in [0.2, 0.25) is 0 Å². The first-order valence-corrected chi connectivity index (χ1v) is 13.7. The van der Waals surface area contributed by atoms with Gasteiger partial charge in [-0.15, -0.1) is 0 Å². The van der Waals surface area contributed by atoms with Crippen LogP contribution in [-0.4, -0.2) is 80.4 Å². The van der Waals surface area contributed by atoms with Crippen molar-refractivity contribution in [3.05, 3.63) is 40.6 Å². The molecule has 2 aliphatic heterocycles. The lowest BCUT2D eigenvalue weighted by Gasteiger charge is -2.28. The second-order valence-corrected chi connectivity index (χ2v) is 12.4. The Morgan fingerprint density at radius 2 is 2.14 bits per heavy atom. The Kier molecular flexibility index (Phi) is 7.75. The number of anilines is 1. The lowest BCUT2D eigenvalue weighted by Crippen LogP contribution is -2.44. The fraction of sp³-hybridized carbons (Fsp3) is 0.500. The molecular weight excluding hydrogens is 511 g/mol. The Hall–Kier alpha value is -2.09. The molecule has 0 saturated carbocycles. The highest BCUT2D eigenvalue weighted by Crippen LogP contribution is 2.51. The van der Waals surface area contributed by atoms with Crippen molar-refractivity contribution in [2.45, 2.75) is 37.9 Å². The Morgan fingerprint density at radius 1 is 1.39 bits per heavy atom. The van der Waals surface area contributed by atoms with Gasteiger partial charge in [-0.3, -0.25) is 18.6 Å². The molecule has 0 amide bonds. The third-order valence-electron chi connectivity index (χ3n) is 5.97. The number of carbonyl (C=O) groups is 1. The minimum Gasteiger partial charge on any atom is -0.387 e. The van der Waals surface area contributed by atoms with Gasteiger partial charge in [-0.2, -0.15) is 4.98 Å². The van der Waals surface area contributed by atoms with Crippen LogP contribution in [0, 0.1) is 0 Å². The summed E-state index contributed by atoms with van der Waals surface area (Å²) in [5, 5.41) is 26.4. The van der Waals surface area contributed by atoms with Gasteiger partial charge in [0.15, 0.2) is 11.3 Å². The van der Waals surface area contributed by atoms with Crippen LogP contribution in [0.5, 0.6) is 0 Å². The second kappa shape index (κ2) is 10.3. The zero-order valence-corrected chi connectivity index (χ0v) is 22.0. The monoisotopic (exact) mass is 540 g/mol. The number of nitrogens with zero attached hydrogens (tertiary/aromatic N) is 3. The Morgan fingerprint density at radius 3 is 2.83 bits per heavy atom. The summed E-state index contributed by atoms with van der Waals surface area (Å²) in [6.07, 6.45) is 1.65. The van der Waals surface area contributed by atoms with Crippen LogP contribution < -0.4 is 10.9 Å². The van der Waals surface area contributed by atoms with Gasteiger partial charge in [-0.05, 0) is 33.2 Å². The molecule has 4 heterocycles. The first-order valence-electron chi connectivity index (χ1n) is 11.2. The molecule has 1 unspecified atom stereocenters. The van der Waals surface area contributed by atoms with Gasteiger partial charge < -0.3 is 24.8 Å². The molecule has 2 aromatic rings. The molecule has 3 N–H and O–H groups in total. The summed E-state index contributed by atoms with van der Waals surface area (Å²) >= 11 is 1.04. The van der Waals surface area contributed by atoms with E-state index in [0.29, 0.717) is 28.0 Å². The highest BCUT2D eigenvalue weighted by molar-refractivity contribution is 8.13. The summed E-state index contributed by atoms with van der Waals surface area (Å²) < 4.78 is 33.2. The van der Waals surface area contributed by atoms with E-state index >= 15 is 0 Å². The predicted octanol–water partition coefficient (Wildman–Crippen LogP) is 1.78. The van der Waals surface area contributed by atoms with E-state index in [4.69, 9.17) is 13.8 Å². The van der Waals surface area contributed by atoms with Gasteiger partial charge in [0.05, 0.1) is 18.9 Å². The average Bonchev–Trinajstić information content (AvgIpc) is 3.22. The van der Waals surface area contributed by atoms with Crippen LogP contribution in [0.1, 0.15) is 25.8 Å². The van der Waals surface area contributed by atoms with Gasteiger partial charge in [-0.1, -0.05) is 11.8 Å². The number of thioether (sulfide) groups is 1. The molecule has 0 spiro atoms. The lowest BCUT2D eigenvalue weighted by molar-refractivity contribution is -0.109. The van der Waals surface area contributed by atoms with Gasteiger partial charge in [0.1, 0.15) is 23.6 Å². The summed E-state index contributed by atoms with van der Waals surface area (Å²) in [4.78, 5) is 27.0. The van der Waals surface area contributed by atoms with Gasteiger partial charge in [0, 0.05) is 41.9 Å². The molecule has 2 aliphatic rings. The molecule has 14 heteroatoms. The Bertz CT molecular complexity index is 1300. The minimum absolute atomic E-state index is 0.0205. The number of hydrogen-bond acceptors (Lipinski definition) is 11. The average molecular weight is 541 g/mol. The highest BCUT2D eigenvalue weighted by Gasteiger charge is 2.54. The molecule has 1 fully saturated rings. The van der Waals surface area contributed by atoms with Crippen LogP contribution in [-0.2, 0) is 23.1 Å². The standard InChI is InChI=1S/C22H29N4O8PS/c1-13(27)36-10-9-32-35(31,25(3)4)33-12-16-19(29)22(2,30)21(34-16)26-11-14-5-6-17(28)24-20-18(14)15(26)7-8-23-20/h5-8,11,16,19,21,29-30H,9-10,12H2,1-4H3,(H,23,24,28)/t16-,19-,21-,22-,35?/m1/s1. The Balaban J connectivity index is 1.55. The smallest absolute Gasteiger partial charge is 0.387 e. The summed E-state index contributed by atoms with van der Waals surface area (Å²) in [7, 11) is -0.687. The van der Waals surface area contributed by atoms with Crippen LogP contribution in [0.25, 0.3) is 16.8 Å². The molecule has 196 valence electrons. The molecule has 12 nitrogen and oxygen atoms in total. The number of carbonyl (C=O) groups excluding carboxylic acids is 1. The van der Waals surface area contributed by atoms with Crippen molar-refractivity contribution < 1.29 is 33.4 Å². The van der Waals surface area contributed by atoms with Crippen LogP contribution in [0.4, 0.5) is 5.82 Å². The fourth-order valence-corrected chi connectivity index (χ4v) is 5.90. The zero-order valence-electron chi connectivity index (χ0n) is 20.3. The highest BCUT2D eigenvalue weighted by atomic mass is 32.2. The number of hydrogen-bond donors (Lipinski definition) is 3. The molecule has 0 aromatic carbocycles. The maximum Gasteiger partial charge on any atom is 0.407 e. The summed E-state index contributed by atoms with van der Waals surface area (Å²) in [5.74, 6) is 0.686. The molecule has 1 saturated heterocycles. The normalized spacial score (nSPS) is 26.8. The summed E-state index contributed by atoms with van der Waals surface area (Å²) in [6.45, 7) is 2.57. The van der Waals surface area contributed by atoms with Crippen LogP contribution in [0.15, 0.2) is 29.3 Å². The fourth-order valence-electron chi connectivity index (χ4n) is 4.13. The van der Waals surface area contributed by atoms with E-state index < -0.39 is 37.3 Å². The largest absolute Gasteiger partial charge is 0.407 e. The van der Waals surface area contributed by atoms with Crippen molar-refractivity contribution in [1.29, 1.82) is 0 Å². The van der Waals surface area contributed by atoms with Gasteiger partial charge in [0.25, 0.3) is 5.56 Å². The molecular formula is C22H29N4O8PS. The molecule has 4 rings (SSSR count). The lowest BCUT2D eigenvalue weighted by atomic mass is 9.96. The second-order valence-electron chi connectivity index (χ2n) is 8.84. The van der Waals surface area contributed by atoms with Crippen LogP contribution >= 0.6 is 19.5 Å². The third kappa shape index (κ3) is 5.15. The Labute approximate surface area is 211 Å². The SMILES string of the molecule is CC(=O)SCCOP(=O)(OC[C@H]1O[C@@H](n2cc3ccc(=O)nc4c3c2C=CN4)[C@](C)(O)[C@@H]1O)N(C)C. The minimum atomic E-state index is -3.74. The number of aromatic nitrogens is 2. The van der Waals surface area contributed by atoms with E-state index in [2.05, 4.69) is 10.3 Å². The topological polar surface area (TPSA) is 152 Å². The quantitative estimate of drug-likeness (QED) is 0.314. The van der Waals surface area contributed by atoms with E-state index in [-0.39, 0.29) is 18.3 Å². The van der Waals surface area contributed by atoms with E-state index in [1.165, 1.54) is 38.7 Å². The van der Waals surface area contributed by atoms with Gasteiger partial charge in [0.2, 0.25) is 0 Å². The number of rotatable bonds is 9. The number of nitrogens with one attached hydrogen (secondary N) is 1. The maximum atomic E-state index is 13.2. The summed E-state index contributed by atoms with van der Waals surface area (Å²) in [6, 6.07) is 2.98. The number of aliphatic hydroxyl groups excluding tert-OH is 1. The predicted molar refractivity (Wildman–Crippen MR) is 136 cm³/mol. The first kappa shape index (κ1) is 27.0. The molecule has 0 radical (unpaired) electrons. The van der Waals surface area contributed by atoms with Crippen molar-refractivity contribution in [3.8, 4) is 0 Å². The van der Waals surface area contributed by atoms with Crippen molar-refractivity contribution in [1.82, 2.24) is 14.2 Å². The molecule has 36 heavy (non-hydrogen) atoms. The first-order chi connectivity index (χ1) is 16.9. The van der Waals surface area contributed by atoms with Gasteiger partial charge in [-0.25, -0.2) is 9.24 Å². The molecule has 2 aromatic heterocycles. The summed E-state index contributed by atoms with van der Waals surface area (Å²) in [5.41, 5.74) is -1.50. The third-order valence-corrected chi connectivity index (χ3v) is 8.71. The zero-order chi connectivity index (χ0) is 26.3. The van der Waals surface area contributed by atoms with Crippen LogP contribution in [0.3, 0.4) is 0 Å². The van der Waals surface area contributed by atoms with Crippen molar-refractivity contribution in [2.24, 2.45) is 0 Å².